The number of benzene rings is 2. The Labute approximate surface area is 381 Å². The molecular formula is C49H64N6O8S. The van der Waals surface area contributed by atoms with Gasteiger partial charge in [0.25, 0.3) is 0 Å². The second-order valence-corrected chi connectivity index (χ2v) is 20.0. The first kappa shape index (κ1) is 44.5. The lowest BCUT2D eigenvalue weighted by Crippen LogP contribution is -2.81. The first-order chi connectivity index (χ1) is 30.5. The monoisotopic (exact) mass is 896 g/mol. The summed E-state index contributed by atoms with van der Waals surface area (Å²) in [5.41, 5.74) is -0.873. The van der Waals surface area contributed by atoms with Gasteiger partial charge >= 0.3 is 17.9 Å². The topological polar surface area (TPSA) is 149 Å². The molecule has 9 rings (SSSR count). The summed E-state index contributed by atoms with van der Waals surface area (Å²) in [6.45, 7) is 9.22. The van der Waals surface area contributed by atoms with Gasteiger partial charge in [0.1, 0.15) is 11.2 Å². The summed E-state index contributed by atoms with van der Waals surface area (Å²) in [6.07, 6.45) is 6.58. The number of nitrogens with zero attached hydrogens (tertiary/aromatic N) is 4. The molecule has 2 saturated heterocycles. The molecule has 2 aromatic carbocycles. The van der Waals surface area contributed by atoms with Gasteiger partial charge in [-0.2, -0.15) is 0 Å². The molecule has 14 nitrogen and oxygen atoms in total. The second-order valence-electron chi connectivity index (χ2n) is 19.6. The van der Waals surface area contributed by atoms with Crippen molar-refractivity contribution in [3.05, 3.63) is 70.9 Å². The number of fused-ring (bicyclic) bond motifs is 6. The van der Waals surface area contributed by atoms with Crippen molar-refractivity contribution in [2.45, 2.75) is 99.5 Å². The molecule has 3 aromatic rings. The summed E-state index contributed by atoms with van der Waals surface area (Å²) in [7, 11) is 10.2. The van der Waals surface area contributed by atoms with Crippen LogP contribution in [0.5, 0.6) is 5.75 Å². The lowest BCUT2D eigenvalue weighted by atomic mass is 9.47. The number of piperidine rings is 1. The summed E-state index contributed by atoms with van der Waals surface area (Å²) in [6, 6.07) is 11.1. The Balaban J connectivity index is 1.34. The van der Waals surface area contributed by atoms with Crippen LogP contribution in [0.25, 0.3) is 10.9 Å². The van der Waals surface area contributed by atoms with Crippen LogP contribution in [0.3, 0.4) is 0 Å². The maximum Gasteiger partial charge on any atom is 0.344 e. The number of anilines is 1. The van der Waals surface area contributed by atoms with Gasteiger partial charge < -0.3 is 49.1 Å². The van der Waals surface area contributed by atoms with E-state index in [0.29, 0.717) is 55.2 Å². The summed E-state index contributed by atoms with van der Waals surface area (Å²) in [5, 5.41) is 18.9. The van der Waals surface area contributed by atoms with Crippen LogP contribution in [0.2, 0.25) is 0 Å². The molecule has 344 valence electrons. The largest absolute Gasteiger partial charge is 0.496 e. The van der Waals surface area contributed by atoms with E-state index >= 15 is 4.79 Å². The molecule has 5 aliphatic heterocycles. The van der Waals surface area contributed by atoms with E-state index < -0.39 is 51.9 Å². The Morgan fingerprint density at radius 2 is 1.75 bits per heavy atom. The summed E-state index contributed by atoms with van der Waals surface area (Å²) >= 11 is 5.90. The van der Waals surface area contributed by atoms with E-state index in [4.69, 9.17) is 31.2 Å². The number of carbonyl (C=O) groups is 3. The average Bonchev–Trinajstić information content (AvgIpc) is 3.95. The van der Waals surface area contributed by atoms with Crippen molar-refractivity contribution < 1.29 is 38.4 Å². The molecule has 15 heteroatoms. The van der Waals surface area contributed by atoms with E-state index in [9.17, 15) is 14.7 Å². The Morgan fingerprint density at radius 1 is 1.00 bits per heavy atom. The highest BCUT2D eigenvalue weighted by Gasteiger charge is 2.80. The number of thiocarbonyl (C=S) groups is 1. The standard InChI is InChI=1S/C49H64N6O8S/c1-10-45(51-44(64)52(4)5)25-30-26-48(42(57)61-8,38-32(17-21-54(27-30)28-45)31-15-12-13-16-35(31)50-38)34-23-33-36(24-37(34)60-7)53(6)40-47(33)19-22-55-20-14-18-46(11-2,39(47)55)41(63-29(3)56)49(40,59)43(58)62-9/h12-16,18,23-24,30,39-41,50,59H,10-11,17,19-22,25-28H2,1-9H3,(H,51,64)/t30-,39+,40-,41-,45+,46-,47-,48+,49+/m1/s1. The molecule has 1 spiro atoms. The Hall–Kier alpha value is -4.70. The van der Waals surface area contributed by atoms with Crippen LogP contribution in [0, 0.1) is 11.3 Å². The fourth-order valence-corrected chi connectivity index (χ4v) is 14.3. The molecule has 10 atom stereocenters. The van der Waals surface area contributed by atoms with E-state index in [-0.39, 0.29) is 17.5 Å². The Morgan fingerprint density at radius 3 is 2.42 bits per heavy atom. The van der Waals surface area contributed by atoms with E-state index in [1.807, 2.05) is 56.1 Å². The SMILES string of the molecule is CC[C@]1(NC(=S)N(C)C)C[C@H]2CN(CCc3c([nH]c4ccccc34)[C@@](C(=O)OC)(c3cc4c(cc3OC)N(C)[C@H]3[C@@](O)(C(=O)OC)[C@H](OC(C)=O)[C@]5(CC)C=CCN6CC[C@]43[C@@H]65)C2)C1. The van der Waals surface area contributed by atoms with Crippen LogP contribution >= 0.6 is 12.2 Å². The minimum absolute atomic E-state index is 0.00375. The third-order valence-electron chi connectivity index (χ3n) is 16.4. The smallest absolute Gasteiger partial charge is 0.344 e. The highest BCUT2D eigenvalue weighted by atomic mass is 32.1. The van der Waals surface area contributed by atoms with Crippen molar-refractivity contribution in [2.75, 3.05) is 80.1 Å². The predicted molar refractivity (Wildman–Crippen MR) is 248 cm³/mol. The van der Waals surface area contributed by atoms with Crippen LogP contribution in [0.1, 0.15) is 75.3 Å². The van der Waals surface area contributed by atoms with Gasteiger partial charge in [0, 0.05) is 105 Å². The Bertz CT molecular complexity index is 2440. The molecule has 3 N–H and O–H groups in total. The van der Waals surface area contributed by atoms with E-state index in [1.165, 1.54) is 21.1 Å². The number of aliphatic hydroxyl groups is 1. The summed E-state index contributed by atoms with van der Waals surface area (Å²) in [4.78, 5) is 55.9. The number of methoxy groups -OCH3 is 3. The zero-order valence-electron chi connectivity index (χ0n) is 38.7. The average molecular weight is 897 g/mol. The van der Waals surface area contributed by atoms with Gasteiger partial charge in [-0.3, -0.25) is 14.5 Å². The van der Waals surface area contributed by atoms with Gasteiger partial charge in [-0.15, -0.1) is 0 Å². The van der Waals surface area contributed by atoms with Gasteiger partial charge in [0.05, 0.1) is 32.9 Å². The maximum absolute atomic E-state index is 15.6. The number of ether oxygens (including phenoxy) is 4. The van der Waals surface area contributed by atoms with Crippen LogP contribution < -0.4 is 15.0 Å². The first-order valence-electron chi connectivity index (χ1n) is 22.8. The molecular weight excluding hydrogens is 833 g/mol. The van der Waals surface area contributed by atoms with Crippen LogP contribution in [-0.4, -0.2) is 152 Å². The number of carbonyl (C=O) groups excluding carboxylic acids is 3. The van der Waals surface area contributed by atoms with Crippen molar-refractivity contribution in [3.8, 4) is 5.75 Å². The van der Waals surface area contributed by atoms with E-state index in [1.54, 1.807) is 7.11 Å². The van der Waals surface area contributed by atoms with E-state index in [2.05, 4.69) is 57.4 Å². The lowest BCUT2D eigenvalue weighted by molar-refractivity contribution is -0.228. The zero-order valence-corrected chi connectivity index (χ0v) is 39.5. The van der Waals surface area contributed by atoms with Crippen molar-refractivity contribution in [1.82, 2.24) is 25.0 Å². The fourth-order valence-electron chi connectivity index (χ4n) is 14.1. The molecule has 1 saturated carbocycles. The van der Waals surface area contributed by atoms with Crippen LogP contribution in [0.4, 0.5) is 5.69 Å². The highest BCUT2D eigenvalue weighted by Crippen LogP contribution is 2.68. The minimum atomic E-state index is -2.30. The van der Waals surface area contributed by atoms with Gasteiger partial charge in [-0.25, -0.2) is 4.79 Å². The molecule has 6 heterocycles. The highest BCUT2D eigenvalue weighted by molar-refractivity contribution is 7.80. The number of para-hydroxylation sites is 1. The third-order valence-corrected chi connectivity index (χ3v) is 16.9. The number of aromatic nitrogens is 1. The zero-order chi connectivity index (χ0) is 45.7. The number of hydrogen-bond acceptors (Lipinski definition) is 12. The molecule has 2 bridgehead atoms. The number of hydrogen-bond donors (Lipinski definition) is 3. The van der Waals surface area contributed by atoms with Gasteiger partial charge in [-0.1, -0.05) is 44.2 Å². The molecule has 1 unspecified atom stereocenters. The predicted octanol–water partition coefficient (Wildman–Crippen LogP) is 4.43. The molecule has 0 amide bonds. The van der Waals surface area contributed by atoms with E-state index in [0.717, 1.165) is 65.9 Å². The third kappa shape index (κ3) is 5.98. The minimum Gasteiger partial charge on any atom is -0.496 e. The number of aromatic amines is 1. The molecule has 1 aliphatic carbocycles. The van der Waals surface area contributed by atoms with Crippen LogP contribution in [-0.2, 0) is 45.8 Å². The molecule has 1 aromatic heterocycles. The van der Waals surface area contributed by atoms with Crippen molar-refractivity contribution in [3.63, 3.8) is 0 Å². The summed E-state index contributed by atoms with van der Waals surface area (Å²) in [5.74, 6) is -1.39. The number of likely N-dealkylation sites (N-methyl/N-ethyl adjacent to an activating group) is 1. The second kappa shape index (κ2) is 15.7. The summed E-state index contributed by atoms with van der Waals surface area (Å²) < 4.78 is 24.2. The molecule has 6 aliphatic rings. The maximum atomic E-state index is 15.6. The van der Waals surface area contributed by atoms with Crippen molar-refractivity contribution in [2.24, 2.45) is 11.3 Å². The van der Waals surface area contributed by atoms with Crippen molar-refractivity contribution in [1.29, 1.82) is 0 Å². The van der Waals surface area contributed by atoms with Gasteiger partial charge in [-0.05, 0) is 86.5 Å². The quantitative estimate of drug-likeness (QED) is 0.127. The van der Waals surface area contributed by atoms with Crippen molar-refractivity contribution >= 4 is 51.8 Å². The van der Waals surface area contributed by atoms with Crippen LogP contribution in [0.15, 0.2) is 48.6 Å². The van der Waals surface area contributed by atoms with Gasteiger partial charge in [0.15, 0.2) is 11.2 Å². The number of nitrogens with one attached hydrogen (secondary N) is 2. The molecule has 3 fully saturated rings. The lowest BCUT2D eigenvalue weighted by Gasteiger charge is -2.63. The molecule has 64 heavy (non-hydrogen) atoms. The number of rotatable bonds is 8. The normalized spacial score (nSPS) is 34.8. The fraction of sp³-hybridized carbons (Fsp3) is 0.592. The first-order valence-corrected chi connectivity index (χ1v) is 23.2. The molecule has 0 radical (unpaired) electrons. The number of esters is 3. The number of H-pyrrole nitrogens is 1. The van der Waals surface area contributed by atoms with Gasteiger partial charge in [0.2, 0.25) is 5.60 Å². The Kier molecular flexibility index (Phi) is 10.9.